The molecule has 0 aliphatic rings. The molecule has 0 aliphatic carbocycles. The number of hydrogen-bond acceptors (Lipinski definition) is 3. The van der Waals surface area contributed by atoms with Crippen molar-refractivity contribution in [3.8, 4) is 0 Å². The highest BCUT2D eigenvalue weighted by atomic mass is 35.5. The van der Waals surface area contributed by atoms with Crippen LogP contribution < -0.4 is 0 Å². The van der Waals surface area contributed by atoms with E-state index in [0.717, 1.165) is 29.5 Å². The molecule has 0 bridgehead atoms. The van der Waals surface area contributed by atoms with Gasteiger partial charge in [0.25, 0.3) is 0 Å². The van der Waals surface area contributed by atoms with Gasteiger partial charge in [-0.2, -0.15) is 5.10 Å². The molecule has 0 saturated heterocycles. The van der Waals surface area contributed by atoms with Crippen LogP contribution in [0.4, 0.5) is 0 Å². The summed E-state index contributed by atoms with van der Waals surface area (Å²) in [5.41, 5.74) is 1.86. The van der Waals surface area contributed by atoms with Crippen LogP contribution in [-0.4, -0.2) is 39.5 Å². The van der Waals surface area contributed by atoms with Crippen LogP contribution in [0.1, 0.15) is 18.3 Å². The van der Waals surface area contributed by atoms with Crippen LogP contribution in [0.2, 0.25) is 5.02 Å². The number of halogens is 1. The molecule has 0 spiro atoms. The predicted molar refractivity (Wildman–Crippen MR) is 61.0 cm³/mol. The number of aromatic nitrogens is 2. The molecule has 0 saturated carbocycles. The van der Waals surface area contributed by atoms with Crippen LogP contribution in [0.3, 0.4) is 0 Å². The maximum atomic E-state index is 8.89. The topological polar surface area (TPSA) is 41.3 Å². The van der Waals surface area contributed by atoms with Gasteiger partial charge in [-0.05, 0) is 13.5 Å². The highest BCUT2D eigenvalue weighted by molar-refractivity contribution is 6.31. The lowest BCUT2D eigenvalue weighted by atomic mass is 10.3. The van der Waals surface area contributed by atoms with E-state index in [1.165, 1.54) is 0 Å². The first-order chi connectivity index (χ1) is 7.10. The van der Waals surface area contributed by atoms with E-state index in [4.69, 9.17) is 16.7 Å². The van der Waals surface area contributed by atoms with E-state index >= 15 is 0 Å². The van der Waals surface area contributed by atoms with Gasteiger partial charge in [0, 0.05) is 20.1 Å². The minimum absolute atomic E-state index is 0.169. The summed E-state index contributed by atoms with van der Waals surface area (Å²) in [4.78, 5) is 2.13. The minimum atomic E-state index is 0.169. The third-order valence-electron chi connectivity index (χ3n) is 2.50. The first-order valence-electron chi connectivity index (χ1n) is 5.11. The molecule has 1 aromatic heterocycles. The Morgan fingerprint density at radius 3 is 2.60 bits per heavy atom. The molecule has 0 fully saturated rings. The monoisotopic (exact) mass is 231 g/mol. The van der Waals surface area contributed by atoms with Gasteiger partial charge in [0.2, 0.25) is 0 Å². The molecule has 1 N–H and O–H groups in total. The molecule has 0 amide bonds. The van der Waals surface area contributed by atoms with Crippen molar-refractivity contribution in [3.63, 3.8) is 0 Å². The summed E-state index contributed by atoms with van der Waals surface area (Å²) in [7, 11) is 1.89. The van der Waals surface area contributed by atoms with Gasteiger partial charge in [-0.1, -0.05) is 18.5 Å². The van der Waals surface area contributed by atoms with Gasteiger partial charge in [0.1, 0.15) is 0 Å². The van der Waals surface area contributed by atoms with Crippen LogP contribution in [0.25, 0.3) is 0 Å². The highest BCUT2D eigenvalue weighted by Gasteiger charge is 2.13. The van der Waals surface area contributed by atoms with E-state index in [1.54, 1.807) is 4.68 Å². The van der Waals surface area contributed by atoms with Crippen molar-refractivity contribution >= 4 is 11.6 Å². The lowest BCUT2D eigenvalue weighted by molar-refractivity contribution is 0.194. The molecular formula is C10H18ClN3O. The zero-order chi connectivity index (χ0) is 11.4. The maximum Gasteiger partial charge on any atom is 0.0860 e. The fourth-order valence-electron chi connectivity index (χ4n) is 1.55. The molecule has 5 heteroatoms. The lowest BCUT2D eigenvalue weighted by Crippen LogP contribution is -2.27. The van der Waals surface area contributed by atoms with Crippen molar-refractivity contribution in [1.82, 2.24) is 14.7 Å². The van der Waals surface area contributed by atoms with Gasteiger partial charge in [0.05, 0.1) is 23.0 Å². The largest absolute Gasteiger partial charge is 0.395 e. The van der Waals surface area contributed by atoms with Crippen molar-refractivity contribution in [3.05, 3.63) is 16.4 Å². The van der Waals surface area contributed by atoms with Gasteiger partial charge in [0.15, 0.2) is 0 Å². The Labute approximate surface area is 95.5 Å². The average molecular weight is 232 g/mol. The standard InChI is InChI=1S/C10H18ClN3O/c1-4-14(5-6-15)7-9-10(11)8(2)12-13(9)3/h15H,4-7H2,1-3H3. The molecule has 1 aromatic rings. The predicted octanol–water partition coefficient (Wildman–Crippen LogP) is 1.20. The van der Waals surface area contributed by atoms with Gasteiger partial charge < -0.3 is 5.11 Å². The minimum Gasteiger partial charge on any atom is -0.395 e. The highest BCUT2D eigenvalue weighted by Crippen LogP contribution is 2.20. The SMILES string of the molecule is CCN(CCO)Cc1c(Cl)c(C)nn1C. The summed E-state index contributed by atoms with van der Waals surface area (Å²) in [5, 5.41) is 13.9. The fraction of sp³-hybridized carbons (Fsp3) is 0.700. The second-order valence-electron chi connectivity index (χ2n) is 3.56. The molecule has 86 valence electrons. The molecule has 1 heterocycles. The fourth-order valence-corrected chi connectivity index (χ4v) is 1.77. The first-order valence-corrected chi connectivity index (χ1v) is 5.49. The Balaban J connectivity index is 2.78. The van der Waals surface area contributed by atoms with E-state index in [0.29, 0.717) is 6.54 Å². The molecule has 1 rings (SSSR count). The van der Waals surface area contributed by atoms with Crippen LogP contribution in [0, 0.1) is 6.92 Å². The lowest BCUT2D eigenvalue weighted by Gasteiger charge is -2.19. The van der Waals surface area contributed by atoms with Crippen molar-refractivity contribution < 1.29 is 5.11 Å². The molecule has 4 nitrogen and oxygen atoms in total. The summed E-state index contributed by atoms with van der Waals surface area (Å²) in [6.45, 7) is 6.41. The number of likely N-dealkylation sites (N-methyl/N-ethyl adjacent to an activating group) is 1. The average Bonchev–Trinajstić information content (AvgIpc) is 2.44. The summed E-state index contributed by atoms with van der Waals surface area (Å²) >= 11 is 6.14. The maximum absolute atomic E-state index is 8.89. The van der Waals surface area contributed by atoms with Crippen LogP contribution >= 0.6 is 11.6 Å². The number of nitrogens with zero attached hydrogens (tertiary/aromatic N) is 3. The summed E-state index contributed by atoms with van der Waals surface area (Å²) < 4.78 is 1.80. The van der Waals surface area contributed by atoms with E-state index in [-0.39, 0.29) is 6.61 Å². The van der Waals surface area contributed by atoms with Crippen LogP contribution in [0.5, 0.6) is 0 Å². The van der Waals surface area contributed by atoms with E-state index in [2.05, 4.69) is 16.9 Å². The molecular weight excluding hydrogens is 214 g/mol. The molecule has 15 heavy (non-hydrogen) atoms. The van der Waals surface area contributed by atoms with Crippen molar-refractivity contribution in [2.24, 2.45) is 7.05 Å². The van der Waals surface area contributed by atoms with Crippen molar-refractivity contribution in [2.45, 2.75) is 20.4 Å². The molecule has 0 radical (unpaired) electrons. The number of aliphatic hydroxyl groups is 1. The van der Waals surface area contributed by atoms with Gasteiger partial charge >= 0.3 is 0 Å². The summed E-state index contributed by atoms with van der Waals surface area (Å²) in [5.74, 6) is 0. The third kappa shape index (κ3) is 2.93. The Hall–Kier alpha value is -0.580. The number of aliphatic hydroxyl groups excluding tert-OH is 1. The van der Waals surface area contributed by atoms with Gasteiger partial charge in [-0.25, -0.2) is 0 Å². The zero-order valence-electron chi connectivity index (χ0n) is 9.50. The molecule has 0 aromatic carbocycles. The Kier molecular flexibility index (Phi) is 4.57. The van der Waals surface area contributed by atoms with Crippen molar-refractivity contribution in [1.29, 1.82) is 0 Å². The second-order valence-corrected chi connectivity index (χ2v) is 3.94. The Morgan fingerprint density at radius 1 is 1.53 bits per heavy atom. The summed E-state index contributed by atoms with van der Waals surface area (Å²) in [6.07, 6.45) is 0. The molecule has 0 aliphatic heterocycles. The van der Waals surface area contributed by atoms with E-state index < -0.39 is 0 Å². The van der Waals surface area contributed by atoms with E-state index in [9.17, 15) is 0 Å². The Bertz CT molecular complexity index is 325. The normalized spacial score (nSPS) is 11.3. The smallest absolute Gasteiger partial charge is 0.0860 e. The van der Waals surface area contributed by atoms with Gasteiger partial charge in [-0.3, -0.25) is 9.58 Å². The number of hydrogen-bond donors (Lipinski definition) is 1. The Morgan fingerprint density at radius 2 is 2.20 bits per heavy atom. The molecule has 0 unspecified atom stereocenters. The van der Waals surface area contributed by atoms with Crippen molar-refractivity contribution in [2.75, 3.05) is 19.7 Å². The summed E-state index contributed by atoms with van der Waals surface area (Å²) in [6, 6.07) is 0. The van der Waals surface area contributed by atoms with Crippen LogP contribution in [-0.2, 0) is 13.6 Å². The second kappa shape index (κ2) is 5.49. The van der Waals surface area contributed by atoms with Crippen LogP contribution in [0.15, 0.2) is 0 Å². The zero-order valence-corrected chi connectivity index (χ0v) is 10.3. The number of rotatable bonds is 5. The number of aryl methyl sites for hydroxylation is 2. The quantitative estimate of drug-likeness (QED) is 0.828. The first kappa shape index (κ1) is 12.5. The van der Waals surface area contributed by atoms with E-state index in [1.807, 2.05) is 14.0 Å². The third-order valence-corrected chi connectivity index (χ3v) is 2.99. The molecule has 0 atom stereocenters. The van der Waals surface area contributed by atoms with Gasteiger partial charge in [-0.15, -0.1) is 0 Å².